The lowest BCUT2D eigenvalue weighted by Gasteiger charge is -2.04. The van der Waals surface area contributed by atoms with Crippen LogP contribution in [-0.4, -0.2) is 11.1 Å². The molecule has 2 rings (SSSR count). The molecule has 0 bridgehead atoms. The molecule has 0 atom stereocenters. The van der Waals surface area contributed by atoms with E-state index < -0.39 is 5.95 Å². The van der Waals surface area contributed by atoms with Gasteiger partial charge in [0.1, 0.15) is 3.70 Å². The fourth-order valence-electron chi connectivity index (χ4n) is 0.853. The second-order valence-corrected chi connectivity index (χ2v) is 3.76. The first-order valence-electron chi connectivity index (χ1n) is 3.74. The fourth-order valence-corrected chi connectivity index (χ4v) is 1.39. The maximum absolute atomic E-state index is 12.5. The quantitative estimate of drug-likeness (QED) is 0.612. The number of ether oxygens (including phenoxy) is 1. The highest BCUT2D eigenvalue weighted by Gasteiger charge is 2.24. The largest absolute Gasteiger partial charge is 0.488 e. The minimum Gasteiger partial charge on any atom is -0.488 e. The van der Waals surface area contributed by atoms with Crippen molar-refractivity contribution in [3.63, 3.8) is 0 Å². The predicted octanol–water partition coefficient (Wildman–Crippen LogP) is 2.37. The lowest BCUT2D eigenvalue weighted by atomic mass is 10.4. The molecule has 1 aromatic rings. The van der Waals surface area contributed by atoms with E-state index in [4.69, 9.17) is 4.74 Å². The summed E-state index contributed by atoms with van der Waals surface area (Å²) in [4.78, 5) is 3.65. The Balaban J connectivity index is 2.18. The van der Waals surface area contributed by atoms with Gasteiger partial charge in [0.15, 0.2) is 5.75 Å². The van der Waals surface area contributed by atoms with Crippen molar-refractivity contribution in [1.82, 2.24) is 4.98 Å². The van der Waals surface area contributed by atoms with Crippen LogP contribution in [0.15, 0.2) is 12.1 Å². The summed E-state index contributed by atoms with van der Waals surface area (Å²) in [6, 6.07) is 2.95. The van der Waals surface area contributed by atoms with Crippen LogP contribution in [0.25, 0.3) is 0 Å². The van der Waals surface area contributed by atoms with Crippen LogP contribution in [0.2, 0.25) is 0 Å². The molecule has 0 amide bonds. The minimum absolute atomic E-state index is 0.339. The average Bonchev–Trinajstić information content (AvgIpc) is 2.79. The molecule has 12 heavy (non-hydrogen) atoms. The van der Waals surface area contributed by atoms with Crippen LogP contribution in [0.4, 0.5) is 4.39 Å². The van der Waals surface area contributed by atoms with Crippen molar-refractivity contribution in [3.05, 3.63) is 21.8 Å². The molecule has 1 aliphatic carbocycles. The first-order valence-corrected chi connectivity index (χ1v) is 4.82. The van der Waals surface area contributed by atoms with Crippen LogP contribution < -0.4 is 4.74 Å². The maximum Gasteiger partial charge on any atom is 0.214 e. The summed E-state index contributed by atoms with van der Waals surface area (Å²) in [6.45, 7) is 0. The van der Waals surface area contributed by atoms with Crippen molar-refractivity contribution in [3.8, 4) is 5.75 Å². The lowest BCUT2D eigenvalue weighted by molar-refractivity contribution is 0.298. The topological polar surface area (TPSA) is 22.1 Å². The first kappa shape index (κ1) is 8.22. The van der Waals surface area contributed by atoms with Gasteiger partial charge in [0, 0.05) is 0 Å². The van der Waals surface area contributed by atoms with Crippen LogP contribution in [0.1, 0.15) is 12.8 Å². The van der Waals surface area contributed by atoms with Gasteiger partial charge in [0.25, 0.3) is 0 Å². The molecule has 1 aromatic heterocycles. The van der Waals surface area contributed by atoms with Gasteiger partial charge in [-0.15, -0.1) is 0 Å². The van der Waals surface area contributed by atoms with Crippen LogP contribution in [0, 0.1) is 9.65 Å². The van der Waals surface area contributed by atoms with Gasteiger partial charge in [-0.3, -0.25) is 0 Å². The van der Waals surface area contributed by atoms with Gasteiger partial charge >= 0.3 is 0 Å². The number of nitrogens with zero attached hydrogens (tertiary/aromatic N) is 1. The minimum atomic E-state index is -0.456. The third-order valence-corrected chi connectivity index (χ3v) is 2.37. The van der Waals surface area contributed by atoms with E-state index in [1.54, 1.807) is 6.07 Å². The smallest absolute Gasteiger partial charge is 0.214 e. The van der Waals surface area contributed by atoms with Crippen LogP contribution >= 0.6 is 22.6 Å². The summed E-state index contributed by atoms with van der Waals surface area (Å²) in [5, 5.41) is 0. The van der Waals surface area contributed by atoms with E-state index in [0.29, 0.717) is 15.6 Å². The molecule has 0 aliphatic heterocycles. The number of pyridine rings is 1. The van der Waals surface area contributed by atoms with Crippen LogP contribution in [0.3, 0.4) is 0 Å². The zero-order valence-corrected chi connectivity index (χ0v) is 8.42. The third kappa shape index (κ3) is 1.85. The second kappa shape index (κ2) is 3.16. The molecule has 1 saturated carbocycles. The standard InChI is InChI=1S/C8H7FINO/c9-7-4-3-6(8(10)11-7)12-5-1-2-5/h3-5H,1-2H2. The van der Waals surface area contributed by atoms with Gasteiger partial charge in [-0.2, -0.15) is 4.39 Å². The van der Waals surface area contributed by atoms with Gasteiger partial charge < -0.3 is 4.74 Å². The van der Waals surface area contributed by atoms with E-state index in [1.165, 1.54) is 6.07 Å². The van der Waals surface area contributed by atoms with Gasteiger partial charge in [0.2, 0.25) is 5.95 Å². The van der Waals surface area contributed by atoms with Crippen molar-refractivity contribution < 1.29 is 9.13 Å². The molecular weight excluding hydrogens is 272 g/mol. The van der Waals surface area contributed by atoms with Gasteiger partial charge in [0.05, 0.1) is 6.10 Å². The van der Waals surface area contributed by atoms with Gasteiger partial charge in [-0.1, -0.05) is 0 Å². The molecule has 0 saturated heterocycles. The van der Waals surface area contributed by atoms with E-state index in [0.717, 1.165) is 12.8 Å². The molecule has 0 aromatic carbocycles. The highest BCUT2D eigenvalue weighted by atomic mass is 127. The normalized spacial score (nSPS) is 16.2. The van der Waals surface area contributed by atoms with E-state index >= 15 is 0 Å². The Morgan fingerprint density at radius 2 is 2.25 bits per heavy atom. The van der Waals surface area contributed by atoms with Crippen molar-refractivity contribution >= 4 is 22.6 Å². The molecule has 0 radical (unpaired) electrons. The van der Waals surface area contributed by atoms with Crippen LogP contribution in [-0.2, 0) is 0 Å². The second-order valence-electron chi connectivity index (χ2n) is 2.74. The number of hydrogen-bond acceptors (Lipinski definition) is 2. The summed E-state index contributed by atoms with van der Waals surface area (Å²) in [6.07, 6.45) is 2.55. The number of aromatic nitrogens is 1. The Bertz CT molecular complexity index is 301. The summed E-state index contributed by atoms with van der Waals surface area (Å²) < 4.78 is 18.6. The fraction of sp³-hybridized carbons (Fsp3) is 0.375. The van der Waals surface area contributed by atoms with E-state index in [1.807, 2.05) is 22.6 Å². The molecule has 2 nitrogen and oxygen atoms in total. The highest BCUT2D eigenvalue weighted by Crippen LogP contribution is 2.28. The molecule has 0 unspecified atom stereocenters. The monoisotopic (exact) mass is 279 g/mol. The number of rotatable bonds is 2. The van der Waals surface area contributed by atoms with E-state index in [-0.39, 0.29) is 0 Å². The first-order chi connectivity index (χ1) is 5.75. The molecule has 4 heteroatoms. The molecule has 1 heterocycles. The summed E-state index contributed by atoms with van der Waals surface area (Å²) >= 11 is 1.97. The summed E-state index contributed by atoms with van der Waals surface area (Å²) in [5.74, 6) is 0.238. The van der Waals surface area contributed by atoms with Crippen LogP contribution in [0.5, 0.6) is 5.75 Å². The van der Waals surface area contributed by atoms with Crippen molar-refractivity contribution in [2.75, 3.05) is 0 Å². The summed E-state index contributed by atoms with van der Waals surface area (Å²) in [7, 11) is 0. The molecule has 1 aliphatic rings. The van der Waals surface area contributed by atoms with Crippen molar-refractivity contribution in [2.24, 2.45) is 0 Å². The van der Waals surface area contributed by atoms with E-state index in [2.05, 4.69) is 4.98 Å². The molecule has 0 N–H and O–H groups in total. The number of halogens is 2. The molecule has 64 valence electrons. The van der Waals surface area contributed by atoms with Crippen molar-refractivity contribution in [1.29, 1.82) is 0 Å². The lowest BCUT2D eigenvalue weighted by Crippen LogP contribution is -1.99. The number of hydrogen-bond donors (Lipinski definition) is 0. The molecule has 0 spiro atoms. The van der Waals surface area contributed by atoms with Gasteiger partial charge in [-0.25, -0.2) is 4.98 Å². The zero-order chi connectivity index (χ0) is 8.55. The Hall–Kier alpha value is -0.390. The Labute approximate surface area is 83.3 Å². The Morgan fingerprint density at radius 3 is 2.83 bits per heavy atom. The predicted molar refractivity (Wildman–Crippen MR) is 50.6 cm³/mol. The average molecular weight is 279 g/mol. The highest BCUT2D eigenvalue weighted by molar-refractivity contribution is 14.1. The zero-order valence-electron chi connectivity index (χ0n) is 6.26. The molecule has 1 fully saturated rings. The summed E-state index contributed by atoms with van der Waals surface area (Å²) in [5.41, 5.74) is 0. The van der Waals surface area contributed by atoms with Crippen molar-refractivity contribution in [2.45, 2.75) is 18.9 Å². The third-order valence-electron chi connectivity index (χ3n) is 1.60. The van der Waals surface area contributed by atoms with Gasteiger partial charge in [-0.05, 0) is 47.6 Å². The van der Waals surface area contributed by atoms with E-state index in [9.17, 15) is 4.39 Å². The Morgan fingerprint density at radius 1 is 1.50 bits per heavy atom. The molecular formula is C8H7FINO. The Kier molecular flexibility index (Phi) is 2.16. The maximum atomic E-state index is 12.5. The SMILES string of the molecule is Fc1ccc(OC2CC2)c(I)n1.